The number of nitrogens with one attached hydrogen (secondary N) is 1. The molecule has 1 amide bonds. The maximum Gasteiger partial charge on any atom is 0.220 e. The lowest BCUT2D eigenvalue weighted by Crippen LogP contribution is -2.41. The van der Waals surface area contributed by atoms with Gasteiger partial charge in [0.05, 0.1) is 0 Å². The van der Waals surface area contributed by atoms with E-state index in [1.54, 1.807) is 0 Å². The molecule has 3 nitrogen and oxygen atoms in total. The lowest BCUT2D eigenvalue weighted by molar-refractivity contribution is -0.122. The highest BCUT2D eigenvalue weighted by Gasteiger charge is 2.25. The number of amides is 1. The molecule has 3 heteroatoms. The Morgan fingerprint density at radius 1 is 1.50 bits per heavy atom. The normalized spacial score (nSPS) is 18.3. The fourth-order valence-corrected chi connectivity index (χ4v) is 1.65. The average molecular weight is 198 g/mol. The van der Waals surface area contributed by atoms with Crippen LogP contribution in [0.25, 0.3) is 0 Å². The van der Waals surface area contributed by atoms with Crippen LogP contribution in [-0.2, 0) is 4.79 Å². The van der Waals surface area contributed by atoms with Crippen molar-refractivity contribution < 1.29 is 4.79 Å². The fraction of sp³-hybridized carbons (Fsp3) is 0.909. The first-order valence-electron chi connectivity index (χ1n) is 5.61. The first kappa shape index (κ1) is 11.5. The SMILES string of the molecule is CC(C)CC(CN)NC(=O)CC1CC1. The van der Waals surface area contributed by atoms with E-state index in [0.29, 0.717) is 24.8 Å². The Labute approximate surface area is 86.4 Å². The van der Waals surface area contributed by atoms with E-state index in [1.165, 1.54) is 12.8 Å². The van der Waals surface area contributed by atoms with Crippen molar-refractivity contribution in [3.05, 3.63) is 0 Å². The van der Waals surface area contributed by atoms with E-state index in [2.05, 4.69) is 19.2 Å². The van der Waals surface area contributed by atoms with Crippen molar-refractivity contribution in [2.75, 3.05) is 6.54 Å². The summed E-state index contributed by atoms with van der Waals surface area (Å²) in [5.74, 6) is 1.43. The summed E-state index contributed by atoms with van der Waals surface area (Å²) in [7, 11) is 0. The van der Waals surface area contributed by atoms with Gasteiger partial charge in [-0.25, -0.2) is 0 Å². The Morgan fingerprint density at radius 2 is 2.14 bits per heavy atom. The van der Waals surface area contributed by atoms with Gasteiger partial charge >= 0.3 is 0 Å². The molecule has 0 saturated heterocycles. The second-order valence-corrected chi connectivity index (χ2v) is 4.78. The molecule has 1 atom stereocenters. The summed E-state index contributed by atoms with van der Waals surface area (Å²) in [6.45, 7) is 4.85. The van der Waals surface area contributed by atoms with Gasteiger partial charge in [0.1, 0.15) is 0 Å². The zero-order valence-electron chi connectivity index (χ0n) is 9.25. The van der Waals surface area contributed by atoms with Gasteiger partial charge in [-0.15, -0.1) is 0 Å². The van der Waals surface area contributed by atoms with Crippen LogP contribution in [0.3, 0.4) is 0 Å². The largest absolute Gasteiger partial charge is 0.352 e. The molecule has 0 bridgehead atoms. The predicted molar refractivity (Wildman–Crippen MR) is 57.8 cm³/mol. The van der Waals surface area contributed by atoms with Gasteiger partial charge in [0.15, 0.2) is 0 Å². The summed E-state index contributed by atoms with van der Waals surface area (Å²) in [6, 6.07) is 0.168. The van der Waals surface area contributed by atoms with E-state index in [1.807, 2.05) is 0 Å². The van der Waals surface area contributed by atoms with Crippen LogP contribution in [0.5, 0.6) is 0 Å². The molecule has 1 aliphatic rings. The summed E-state index contributed by atoms with van der Waals surface area (Å²) in [4.78, 5) is 11.5. The van der Waals surface area contributed by atoms with Gasteiger partial charge < -0.3 is 11.1 Å². The maximum absolute atomic E-state index is 11.5. The summed E-state index contributed by atoms with van der Waals surface area (Å²) >= 11 is 0. The number of carbonyl (C=O) groups is 1. The van der Waals surface area contributed by atoms with Crippen LogP contribution < -0.4 is 11.1 Å². The molecule has 1 aliphatic carbocycles. The minimum Gasteiger partial charge on any atom is -0.352 e. The van der Waals surface area contributed by atoms with Crippen molar-refractivity contribution in [1.82, 2.24) is 5.32 Å². The Hall–Kier alpha value is -0.570. The summed E-state index contributed by atoms with van der Waals surface area (Å²) in [6.07, 6.45) is 4.14. The zero-order valence-corrected chi connectivity index (χ0v) is 9.25. The van der Waals surface area contributed by atoms with Gasteiger partial charge in [-0.05, 0) is 31.1 Å². The lowest BCUT2D eigenvalue weighted by Gasteiger charge is -2.18. The van der Waals surface area contributed by atoms with Crippen LogP contribution in [0.4, 0.5) is 0 Å². The van der Waals surface area contributed by atoms with Crippen molar-refractivity contribution in [2.45, 2.75) is 45.6 Å². The van der Waals surface area contributed by atoms with Gasteiger partial charge in [0, 0.05) is 19.0 Å². The van der Waals surface area contributed by atoms with E-state index in [9.17, 15) is 4.79 Å². The van der Waals surface area contributed by atoms with Crippen molar-refractivity contribution in [1.29, 1.82) is 0 Å². The second kappa shape index (κ2) is 5.35. The molecule has 1 fully saturated rings. The van der Waals surface area contributed by atoms with E-state index in [4.69, 9.17) is 5.73 Å². The molecule has 82 valence electrons. The number of carbonyl (C=O) groups excluding carboxylic acids is 1. The number of rotatable bonds is 6. The Morgan fingerprint density at radius 3 is 2.57 bits per heavy atom. The third-order valence-electron chi connectivity index (χ3n) is 2.58. The first-order valence-corrected chi connectivity index (χ1v) is 5.61. The van der Waals surface area contributed by atoms with Crippen molar-refractivity contribution in [2.24, 2.45) is 17.6 Å². The minimum atomic E-state index is 0.168. The van der Waals surface area contributed by atoms with E-state index < -0.39 is 0 Å². The third kappa shape index (κ3) is 4.61. The van der Waals surface area contributed by atoms with Crippen LogP contribution in [-0.4, -0.2) is 18.5 Å². The molecule has 0 heterocycles. The molecule has 1 unspecified atom stereocenters. The van der Waals surface area contributed by atoms with E-state index >= 15 is 0 Å². The number of nitrogens with two attached hydrogens (primary N) is 1. The highest BCUT2D eigenvalue weighted by atomic mass is 16.1. The van der Waals surface area contributed by atoms with Crippen LogP contribution in [0.2, 0.25) is 0 Å². The van der Waals surface area contributed by atoms with Crippen molar-refractivity contribution in [3.63, 3.8) is 0 Å². The molecule has 0 aromatic carbocycles. The van der Waals surface area contributed by atoms with E-state index in [-0.39, 0.29) is 11.9 Å². The minimum absolute atomic E-state index is 0.168. The summed E-state index contributed by atoms with van der Waals surface area (Å²) in [5, 5.41) is 3.01. The second-order valence-electron chi connectivity index (χ2n) is 4.78. The highest BCUT2D eigenvalue weighted by molar-refractivity contribution is 5.76. The monoisotopic (exact) mass is 198 g/mol. The van der Waals surface area contributed by atoms with Crippen molar-refractivity contribution in [3.8, 4) is 0 Å². The van der Waals surface area contributed by atoms with Gasteiger partial charge in [-0.3, -0.25) is 4.79 Å². The molecule has 0 aliphatic heterocycles. The lowest BCUT2D eigenvalue weighted by atomic mass is 10.0. The van der Waals surface area contributed by atoms with Crippen LogP contribution >= 0.6 is 0 Å². The molecule has 0 radical (unpaired) electrons. The molecule has 0 aromatic heterocycles. The first-order chi connectivity index (χ1) is 6.61. The van der Waals surface area contributed by atoms with Crippen LogP contribution in [0.15, 0.2) is 0 Å². The summed E-state index contributed by atoms with van der Waals surface area (Å²) in [5.41, 5.74) is 5.60. The van der Waals surface area contributed by atoms with E-state index in [0.717, 1.165) is 6.42 Å². The molecule has 3 N–H and O–H groups in total. The predicted octanol–water partition coefficient (Wildman–Crippen LogP) is 1.28. The fourth-order valence-electron chi connectivity index (χ4n) is 1.65. The average Bonchev–Trinajstić information content (AvgIpc) is 2.86. The molecule has 14 heavy (non-hydrogen) atoms. The molecular weight excluding hydrogens is 176 g/mol. The molecular formula is C11H22N2O. The quantitative estimate of drug-likeness (QED) is 0.675. The Kier molecular flexibility index (Phi) is 4.39. The molecule has 1 rings (SSSR count). The standard InChI is InChI=1S/C11H22N2O/c1-8(2)5-10(7-12)13-11(14)6-9-3-4-9/h8-10H,3-7,12H2,1-2H3,(H,13,14). The van der Waals surface area contributed by atoms with Crippen LogP contribution in [0.1, 0.15) is 39.5 Å². The molecule has 0 aromatic rings. The zero-order chi connectivity index (χ0) is 10.6. The van der Waals surface area contributed by atoms with Gasteiger partial charge in [0.25, 0.3) is 0 Å². The van der Waals surface area contributed by atoms with Crippen LogP contribution in [0, 0.1) is 11.8 Å². The Bertz CT molecular complexity index is 188. The molecule has 1 saturated carbocycles. The third-order valence-corrected chi connectivity index (χ3v) is 2.58. The summed E-state index contributed by atoms with van der Waals surface area (Å²) < 4.78 is 0. The topological polar surface area (TPSA) is 55.1 Å². The van der Waals surface area contributed by atoms with Gasteiger partial charge in [-0.1, -0.05) is 13.8 Å². The van der Waals surface area contributed by atoms with Crippen molar-refractivity contribution >= 4 is 5.91 Å². The Balaban J connectivity index is 2.19. The number of hydrogen-bond donors (Lipinski definition) is 2. The highest BCUT2D eigenvalue weighted by Crippen LogP contribution is 2.32. The van der Waals surface area contributed by atoms with Gasteiger partial charge in [-0.2, -0.15) is 0 Å². The smallest absolute Gasteiger partial charge is 0.220 e. The molecule has 0 spiro atoms. The van der Waals surface area contributed by atoms with Gasteiger partial charge in [0.2, 0.25) is 5.91 Å². The number of hydrogen-bond acceptors (Lipinski definition) is 2. The maximum atomic E-state index is 11.5.